The van der Waals surface area contributed by atoms with E-state index in [2.05, 4.69) is 38.0 Å². The average Bonchev–Trinajstić information content (AvgIpc) is 2.41. The summed E-state index contributed by atoms with van der Waals surface area (Å²) < 4.78 is 0. The van der Waals surface area contributed by atoms with Gasteiger partial charge in [0, 0.05) is 5.70 Å². The van der Waals surface area contributed by atoms with E-state index in [1.54, 1.807) is 0 Å². The van der Waals surface area contributed by atoms with Crippen molar-refractivity contribution < 1.29 is 9.59 Å². The summed E-state index contributed by atoms with van der Waals surface area (Å²) >= 11 is 0. The smallest absolute Gasteiger partial charge is 0.239 e. The van der Waals surface area contributed by atoms with Crippen molar-refractivity contribution >= 4 is 11.7 Å². The predicted octanol–water partition coefficient (Wildman–Crippen LogP) is 2.65. The number of allylic oxidation sites excluding steroid dienone is 1. The van der Waals surface area contributed by atoms with Gasteiger partial charge >= 0.3 is 0 Å². The Morgan fingerprint density at radius 1 is 1.10 bits per heavy atom. The van der Waals surface area contributed by atoms with Crippen molar-refractivity contribution in [2.75, 3.05) is 13.1 Å². The highest BCUT2D eigenvalue weighted by molar-refractivity contribution is 5.85. The van der Waals surface area contributed by atoms with Gasteiger partial charge < -0.3 is 10.6 Å². The molecule has 1 amide bonds. The molecule has 20 heavy (non-hydrogen) atoms. The fraction of sp³-hybridized carbons (Fsp3) is 0.750. The van der Waals surface area contributed by atoms with Gasteiger partial charge in [0.25, 0.3) is 0 Å². The van der Waals surface area contributed by atoms with Crippen molar-refractivity contribution in [3.05, 3.63) is 12.3 Å². The highest BCUT2D eigenvalue weighted by Crippen LogP contribution is 2.18. The minimum absolute atomic E-state index is 0.0458. The molecule has 0 rings (SSSR count). The first kappa shape index (κ1) is 18.7. The molecule has 4 heteroatoms. The van der Waals surface area contributed by atoms with Gasteiger partial charge in [-0.1, -0.05) is 46.6 Å². The summed E-state index contributed by atoms with van der Waals surface area (Å²) in [6.45, 7) is 12.3. The molecule has 0 saturated carbocycles. The Bertz CT molecular complexity index is 326. The van der Waals surface area contributed by atoms with E-state index in [1.807, 2.05) is 0 Å². The second-order valence-corrected chi connectivity index (χ2v) is 5.70. The van der Waals surface area contributed by atoms with E-state index in [9.17, 15) is 9.59 Å². The molecule has 1 unspecified atom stereocenters. The van der Waals surface area contributed by atoms with Gasteiger partial charge in [-0.25, -0.2) is 0 Å². The Morgan fingerprint density at radius 3 is 2.30 bits per heavy atom. The number of carbonyl (C=O) groups excluding carboxylic acids is 2. The van der Waals surface area contributed by atoms with Crippen molar-refractivity contribution in [2.24, 2.45) is 11.8 Å². The van der Waals surface area contributed by atoms with Crippen LogP contribution in [0.1, 0.15) is 53.4 Å². The van der Waals surface area contributed by atoms with Gasteiger partial charge in [0.1, 0.15) is 5.78 Å². The molecule has 0 spiro atoms. The topological polar surface area (TPSA) is 58.2 Å². The van der Waals surface area contributed by atoms with E-state index in [0.717, 1.165) is 18.0 Å². The summed E-state index contributed by atoms with van der Waals surface area (Å²) in [5.41, 5.74) is 0.895. The Morgan fingerprint density at radius 2 is 1.75 bits per heavy atom. The Kier molecular flexibility index (Phi) is 9.77. The molecule has 0 aliphatic carbocycles. The van der Waals surface area contributed by atoms with Crippen LogP contribution in [0.5, 0.6) is 0 Å². The number of hydrogen-bond donors (Lipinski definition) is 2. The van der Waals surface area contributed by atoms with Gasteiger partial charge in [0.2, 0.25) is 5.91 Å². The van der Waals surface area contributed by atoms with Crippen molar-refractivity contribution in [2.45, 2.75) is 53.4 Å². The molecule has 0 aromatic carbocycles. The van der Waals surface area contributed by atoms with E-state index in [-0.39, 0.29) is 24.8 Å². The molecule has 0 heterocycles. The van der Waals surface area contributed by atoms with Gasteiger partial charge in [0.05, 0.1) is 13.1 Å². The number of hydrogen-bond acceptors (Lipinski definition) is 3. The molecular formula is C16H30N2O2. The van der Waals surface area contributed by atoms with Crippen LogP contribution in [0, 0.1) is 11.8 Å². The fourth-order valence-electron chi connectivity index (χ4n) is 1.80. The van der Waals surface area contributed by atoms with Crippen LogP contribution in [0.3, 0.4) is 0 Å². The number of rotatable bonds is 11. The average molecular weight is 282 g/mol. The lowest BCUT2D eigenvalue weighted by molar-refractivity contribution is -0.123. The van der Waals surface area contributed by atoms with E-state index in [1.165, 1.54) is 26.2 Å². The molecular weight excluding hydrogens is 252 g/mol. The molecule has 4 nitrogen and oxygen atoms in total. The van der Waals surface area contributed by atoms with Crippen LogP contribution in [0.4, 0.5) is 0 Å². The quantitative estimate of drug-likeness (QED) is 0.612. The SMILES string of the molecule is C=C(NCC(=O)NCC(C)=O)[C@@H](C)CCCC(C)CC. The third-order valence-corrected chi connectivity index (χ3v) is 3.64. The van der Waals surface area contributed by atoms with Gasteiger partial charge in [-0.3, -0.25) is 9.59 Å². The van der Waals surface area contributed by atoms with Crippen LogP contribution >= 0.6 is 0 Å². The number of carbonyl (C=O) groups is 2. The zero-order valence-electron chi connectivity index (χ0n) is 13.4. The molecule has 0 aliphatic rings. The second kappa shape index (κ2) is 10.5. The minimum atomic E-state index is -0.173. The normalized spacial score (nSPS) is 13.4. The summed E-state index contributed by atoms with van der Waals surface area (Å²) in [6, 6.07) is 0. The standard InChI is InChI=1S/C16H30N2O2/c1-6-12(2)8-7-9-13(3)15(5)17-11-16(20)18-10-14(4)19/h12-13,17H,5-11H2,1-4H3,(H,18,20)/t12?,13-/m0/s1. The second-order valence-electron chi connectivity index (χ2n) is 5.70. The zero-order valence-corrected chi connectivity index (χ0v) is 13.4. The van der Waals surface area contributed by atoms with E-state index < -0.39 is 0 Å². The van der Waals surface area contributed by atoms with Gasteiger partial charge in [-0.2, -0.15) is 0 Å². The molecule has 0 bridgehead atoms. The number of nitrogens with one attached hydrogen (secondary N) is 2. The van der Waals surface area contributed by atoms with Gasteiger partial charge in [0.15, 0.2) is 0 Å². The Hall–Kier alpha value is -1.32. The lowest BCUT2D eigenvalue weighted by atomic mass is 9.96. The third kappa shape index (κ3) is 9.59. The van der Waals surface area contributed by atoms with Crippen molar-refractivity contribution in [3.63, 3.8) is 0 Å². The monoisotopic (exact) mass is 282 g/mol. The van der Waals surface area contributed by atoms with Crippen molar-refractivity contribution in [1.82, 2.24) is 10.6 Å². The maximum Gasteiger partial charge on any atom is 0.239 e. The Labute approximate surface area is 123 Å². The molecule has 0 aromatic rings. The molecule has 0 aromatic heterocycles. The van der Waals surface area contributed by atoms with Crippen LogP contribution in [0.15, 0.2) is 12.3 Å². The maximum atomic E-state index is 11.4. The first-order chi connectivity index (χ1) is 9.36. The predicted molar refractivity (Wildman–Crippen MR) is 83.3 cm³/mol. The molecule has 2 atom stereocenters. The highest BCUT2D eigenvalue weighted by atomic mass is 16.2. The fourth-order valence-corrected chi connectivity index (χ4v) is 1.80. The summed E-state index contributed by atoms with van der Waals surface area (Å²) in [5.74, 6) is 0.921. The number of Topliss-reactive ketones (excluding diaryl/α,β-unsaturated/α-hetero) is 1. The first-order valence-electron chi connectivity index (χ1n) is 7.55. The zero-order chi connectivity index (χ0) is 15.5. The molecule has 0 fully saturated rings. The number of ketones is 1. The Balaban J connectivity index is 3.79. The van der Waals surface area contributed by atoms with E-state index in [0.29, 0.717) is 5.92 Å². The van der Waals surface area contributed by atoms with Crippen LogP contribution in [0.2, 0.25) is 0 Å². The lowest BCUT2D eigenvalue weighted by Crippen LogP contribution is -2.36. The largest absolute Gasteiger partial charge is 0.380 e. The number of amides is 1. The van der Waals surface area contributed by atoms with Crippen LogP contribution in [-0.4, -0.2) is 24.8 Å². The molecule has 0 saturated heterocycles. The van der Waals surface area contributed by atoms with Crippen LogP contribution in [-0.2, 0) is 9.59 Å². The molecule has 0 radical (unpaired) electrons. The minimum Gasteiger partial charge on any atom is -0.380 e. The van der Waals surface area contributed by atoms with E-state index in [4.69, 9.17) is 0 Å². The highest BCUT2D eigenvalue weighted by Gasteiger charge is 2.09. The van der Waals surface area contributed by atoms with E-state index >= 15 is 0 Å². The lowest BCUT2D eigenvalue weighted by Gasteiger charge is -2.17. The van der Waals surface area contributed by atoms with Crippen LogP contribution < -0.4 is 10.6 Å². The van der Waals surface area contributed by atoms with Crippen molar-refractivity contribution in [1.29, 1.82) is 0 Å². The van der Waals surface area contributed by atoms with Gasteiger partial charge in [-0.15, -0.1) is 0 Å². The first-order valence-corrected chi connectivity index (χ1v) is 7.55. The molecule has 116 valence electrons. The van der Waals surface area contributed by atoms with Gasteiger partial charge in [-0.05, 0) is 25.2 Å². The third-order valence-electron chi connectivity index (χ3n) is 3.64. The maximum absolute atomic E-state index is 11.4. The summed E-state index contributed by atoms with van der Waals surface area (Å²) in [7, 11) is 0. The van der Waals surface area contributed by atoms with Crippen LogP contribution in [0.25, 0.3) is 0 Å². The summed E-state index contributed by atoms with van der Waals surface area (Å²) in [6.07, 6.45) is 4.75. The summed E-state index contributed by atoms with van der Waals surface area (Å²) in [4.78, 5) is 22.2. The molecule has 2 N–H and O–H groups in total. The summed E-state index contributed by atoms with van der Waals surface area (Å²) in [5, 5.41) is 5.59. The van der Waals surface area contributed by atoms with Crippen molar-refractivity contribution in [3.8, 4) is 0 Å². The molecule has 0 aliphatic heterocycles.